The van der Waals surface area contributed by atoms with Gasteiger partial charge >= 0.3 is 41.8 Å². The Morgan fingerprint density at radius 3 is 1.70 bits per heavy atom. The predicted molar refractivity (Wildman–Crippen MR) is 299 cm³/mol. The van der Waals surface area contributed by atoms with Gasteiger partial charge in [-0.3, -0.25) is 33.6 Å². The zero-order valence-electron chi connectivity index (χ0n) is 51.5. The Morgan fingerprint density at radius 1 is 0.593 bits per heavy atom. The maximum absolute atomic E-state index is 12.7. The SMILES string of the molecule is CCC(C)(C)C(=O)OC1(CC)CC2CC1C1C3CCC(C3)C21.CCC(C)(C)C(=O)OC12CC3CC(CC(O)(C3)C1)C2.CCC(C)(C)C(=O)OC1C2CC3C(=O)OC1C3O2.CCC(C)(C)C(=O)OCCOC(=O)C1CCCCC1C(=O)O. The zero-order chi connectivity index (χ0) is 59.4. The van der Waals surface area contributed by atoms with Crippen LogP contribution >= 0.6 is 0 Å². The first-order chi connectivity index (χ1) is 37.9. The van der Waals surface area contributed by atoms with Gasteiger partial charge < -0.3 is 43.4 Å². The number of fused-ring (bicyclic) bond motifs is 10. The van der Waals surface area contributed by atoms with E-state index >= 15 is 0 Å². The van der Waals surface area contributed by atoms with Crippen molar-refractivity contribution in [2.75, 3.05) is 13.2 Å². The molecule has 12 aliphatic rings. The first kappa shape index (κ1) is 63.2. The standard InChI is InChI=1S/C20H32O2.C16H26O6.C16H26O3.C13H18O5/c1-5-19(3,4)18(21)22-20(6-2)11-14-10-15(20)17-13-8-7-12(9-13)16(14)17;1-4-16(2,3)15(20)22-10-9-21-14(19)12-8-6-5-7-11(12)13(17)18;1-4-14(2,3)13(17)19-16-8-11-5-12(9-16)7-15(18,6-11)10-16;1-4-13(2,3)12(15)18-9-7-5-6-8(16-7)10(9)17-11(6)14/h12-17H,5-11H2,1-4H3;11-12H,4-10H2,1-3H3,(H,17,18);11-12,18H,4-10H2,1-3H3;6-10H,4-5H2,1-3H3. The fraction of sp³-hybridized carbons (Fsp3) is 0.892. The third-order valence-electron chi connectivity index (χ3n) is 22.8. The molecule has 458 valence electrons. The molecule has 16 heteroatoms. The fourth-order valence-electron chi connectivity index (χ4n) is 16.7. The molecule has 0 spiro atoms. The van der Waals surface area contributed by atoms with E-state index in [1.165, 1.54) is 32.1 Å². The first-order valence-electron chi connectivity index (χ1n) is 31.7. The second-order valence-electron chi connectivity index (χ2n) is 29.7. The van der Waals surface area contributed by atoms with Crippen LogP contribution in [0.4, 0.5) is 0 Å². The Labute approximate surface area is 483 Å². The van der Waals surface area contributed by atoms with Gasteiger partial charge in [0.2, 0.25) is 0 Å². The third-order valence-corrected chi connectivity index (χ3v) is 22.8. The molecule has 16 atom stereocenters. The molecule has 16 unspecified atom stereocenters. The predicted octanol–water partition coefficient (Wildman–Crippen LogP) is 11.3. The molecule has 9 saturated carbocycles. The highest BCUT2D eigenvalue weighted by molar-refractivity contribution is 5.82. The number of hydrogen-bond acceptors (Lipinski definition) is 15. The number of rotatable bonds is 17. The topological polar surface area (TPSA) is 225 Å². The van der Waals surface area contributed by atoms with E-state index in [4.69, 9.17) is 38.3 Å². The monoisotopic (exact) mass is 1140 g/mol. The zero-order valence-corrected chi connectivity index (χ0v) is 51.5. The molecule has 3 saturated heterocycles. The molecule has 12 fully saturated rings. The van der Waals surface area contributed by atoms with Crippen LogP contribution < -0.4 is 0 Å². The lowest BCUT2D eigenvalue weighted by Crippen LogP contribution is -2.61. The van der Waals surface area contributed by atoms with Crippen LogP contribution in [-0.2, 0) is 66.7 Å². The van der Waals surface area contributed by atoms with Gasteiger partial charge in [-0.1, -0.05) is 47.5 Å². The minimum atomic E-state index is -0.947. The van der Waals surface area contributed by atoms with E-state index in [1.807, 2.05) is 62.3 Å². The molecule has 0 amide bonds. The number of carboxylic acids is 1. The second-order valence-corrected chi connectivity index (χ2v) is 29.7. The van der Waals surface area contributed by atoms with E-state index in [0.29, 0.717) is 56.3 Å². The van der Waals surface area contributed by atoms with Crippen molar-refractivity contribution in [3.63, 3.8) is 0 Å². The number of hydrogen-bond donors (Lipinski definition) is 2. The summed E-state index contributed by atoms with van der Waals surface area (Å²) in [5.41, 5.74) is -2.85. The van der Waals surface area contributed by atoms with Gasteiger partial charge in [0, 0.05) is 12.3 Å². The van der Waals surface area contributed by atoms with Crippen molar-refractivity contribution in [1.82, 2.24) is 0 Å². The number of esters is 6. The Bertz CT molecular complexity index is 2320. The largest absolute Gasteiger partial charge is 0.481 e. The van der Waals surface area contributed by atoms with E-state index < -0.39 is 57.8 Å². The lowest BCUT2D eigenvalue weighted by atomic mass is 9.52. The van der Waals surface area contributed by atoms with Crippen molar-refractivity contribution in [2.24, 2.45) is 86.8 Å². The summed E-state index contributed by atoms with van der Waals surface area (Å²) < 4.78 is 38.9. The number of carboxylic acid groups (broad SMARTS) is 1. The maximum Gasteiger partial charge on any atom is 0.312 e. The average molecular weight is 1140 g/mol. The number of carbonyl (C=O) groups excluding carboxylic acids is 6. The van der Waals surface area contributed by atoms with Gasteiger partial charge in [-0.15, -0.1) is 0 Å². The Hall–Kier alpha value is -3.79. The van der Waals surface area contributed by atoms with Crippen LogP contribution in [0.1, 0.15) is 225 Å². The first-order valence-corrected chi connectivity index (χ1v) is 31.7. The molecule has 0 aromatic heterocycles. The van der Waals surface area contributed by atoms with Crippen molar-refractivity contribution >= 4 is 41.8 Å². The highest BCUT2D eigenvalue weighted by atomic mass is 16.7. The van der Waals surface area contributed by atoms with E-state index in [9.17, 15) is 38.7 Å². The Morgan fingerprint density at radius 2 is 1.14 bits per heavy atom. The lowest BCUT2D eigenvalue weighted by molar-refractivity contribution is -0.225. The second kappa shape index (κ2) is 23.9. The molecule has 9 aliphatic carbocycles. The van der Waals surface area contributed by atoms with Crippen LogP contribution in [0.5, 0.6) is 0 Å². The van der Waals surface area contributed by atoms with Crippen molar-refractivity contribution in [3.8, 4) is 0 Å². The minimum absolute atomic E-state index is 0.00153. The number of aliphatic hydroxyl groups is 1. The smallest absolute Gasteiger partial charge is 0.312 e. The summed E-state index contributed by atoms with van der Waals surface area (Å²) in [5, 5.41) is 19.8. The van der Waals surface area contributed by atoms with Crippen LogP contribution in [0.2, 0.25) is 0 Å². The molecular formula is C65H102O16. The fourth-order valence-corrected chi connectivity index (χ4v) is 16.7. The minimum Gasteiger partial charge on any atom is -0.481 e. The summed E-state index contributed by atoms with van der Waals surface area (Å²) in [6.45, 7) is 25.4. The molecular weight excluding hydrogens is 1040 g/mol. The molecule has 12 rings (SSSR count). The van der Waals surface area contributed by atoms with E-state index in [0.717, 1.165) is 93.8 Å². The van der Waals surface area contributed by atoms with E-state index in [1.54, 1.807) is 13.8 Å². The van der Waals surface area contributed by atoms with Gasteiger partial charge in [-0.2, -0.15) is 0 Å². The summed E-state index contributed by atoms with van der Waals surface area (Å²) in [5.74, 6) is 2.81. The van der Waals surface area contributed by atoms with Gasteiger partial charge in [0.15, 0.2) is 12.2 Å². The summed E-state index contributed by atoms with van der Waals surface area (Å²) in [7, 11) is 0. The Kier molecular flexibility index (Phi) is 18.7. The van der Waals surface area contributed by atoms with E-state index in [-0.39, 0.29) is 77.8 Å². The van der Waals surface area contributed by atoms with Crippen molar-refractivity contribution < 1.29 is 76.9 Å². The van der Waals surface area contributed by atoms with Crippen molar-refractivity contribution in [2.45, 2.75) is 266 Å². The summed E-state index contributed by atoms with van der Waals surface area (Å²) >= 11 is 0. The molecule has 3 aliphatic heterocycles. The Balaban J connectivity index is 0.000000142. The van der Waals surface area contributed by atoms with Gasteiger partial charge in [-0.25, -0.2) is 0 Å². The van der Waals surface area contributed by atoms with Gasteiger partial charge in [0.05, 0.1) is 51.1 Å². The van der Waals surface area contributed by atoms with Crippen molar-refractivity contribution in [3.05, 3.63) is 0 Å². The highest BCUT2D eigenvalue weighted by Crippen LogP contribution is 2.71. The highest BCUT2D eigenvalue weighted by Gasteiger charge is 2.69. The van der Waals surface area contributed by atoms with Crippen LogP contribution in [0, 0.1) is 86.8 Å². The van der Waals surface area contributed by atoms with Crippen molar-refractivity contribution in [1.29, 1.82) is 0 Å². The van der Waals surface area contributed by atoms with Crippen LogP contribution in [0.25, 0.3) is 0 Å². The molecule has 16 nitrogen and oxygen atoms in total. The summed E-state index contributed by atoms with van der Waals surface area (Å²) in [6, 6.07) is 0. The molecule has 10 bridgehead atoms. The molecule has 81 heavy (non-hydrogen) atoms. The van der Waals surface area contributed by atoms with E-state index in [2.05, 4.69) is 13.8 Å². The molecule has 0 radical (unpaired) electrons. The van der Waals surface area contributed by atoms with Crippen LogP contribution in [0.3, 0.4) is 0 Å². The number of aliphatic carboxylic acids is 1. The van der Waals surface area contributed by atoms with Gasteiger partial charge in [0.25, 0.3) is 0 Å². The quantitative estimate of drug-likeness (QED) is 0.0598. The van der Waals surface area contributed by atoms with Crippen LogP contribution in [0.15, 0.2) is 0 Å². The normalized spacial score (nSPS) is 38.7. The van der Waals surface area contributed by atoms with Crippen LogP contribution in [-0.4, -0.2) is 106 Å². The van der Waals surface area contributed by atoms with Gasteiger partial charge in [-0.05, 0) is 212 Å². The summed E-state index contributed by atoms with van der Waals surface area (Å²) in [6.07, 6.45) is 18.7. The molecule has 2 N–H and O–H groups in total. The average Bonchev–Trinajstić information content (AvgIpc) is 2.61. The lowest BCUT2D eigenvalue weighted by Gasteiger charge is -2.59. The third kappa shape index (κ3) is 12.8. The number of carbonyl (C=O) groups is 7. The molecule has 0 aromatic rings. The maximum atomic E-state index is 12.7. The molecule has 0 aromatic carbocycles. The molecule has 3 heterocycles. The van der Waals surface area contributed by atoms with Gasteiger partial charge in [0.1, 0.15) is 30.5 Å². The summed E-state index contributed by atoms with van der Waals surface area (Å²) in [4.78, 5) is 83.6. The number of ether oxygens (including phenoxy) is 7.